The first-order valence-corrected chi connectivity index (χ1v) is 5.32. The number of hydrogen-bond acceptors (Lipinski definition) is 3. The number of rotatable bonds is 4. The molecule has 1 aromatic carbocycles. The number of aromatic nitrogens is 1. The van der Waals surface area contributed by atoms with Crippen LogP contribution in [-0.4, -0.2) is 11.6 Å². The van der Waals surface area contributed by atoms with Gasteiger partial charge in [-0.05, 0) is 29.8 Å². The van der Waals surface area contributed by atoms with Gasteiger partial charge in [0.1, 0.15) is 11.6 Å². The largest absolute Gasteiger partial charge is 0.493 e. The summed E-state index contributed by atoms with van der Waals surface area (Å²) in [5.74, 6) is 0.0390. The minimum atomic E-state index is -0.452. The number of benzene rings is 1. The molecule has 17 heavy (non-hydrogen) atoms. The van der Waals surface area contributed by atoms with Crippen LogP contribution in [0.2, 0.25) is 0 Å². The van der Waals surface area contributed by atoms with Gasteiger partial charge in [0, 0.05) is 24.9 Å². The summed E-state index contributed by atoms with van der Waals surface area (Å²) in [4.78, 5) is 3.93. The molecule has 0 spiro atoms. The Hall–Kier alpha value is -2.10. The summed E-state index contributed by atoms with van der Waals surface area (Å²) >= 11 is 0. The molecule has 0 radical (unpaired) electrons. The molecule has 3 nitrogen and oxygen atoms in total. The van der Waals surface area contributed by atoms with Crippen LogP contribution in [0.5, 0.6) is 5.75 Å². The highest BCUT2D eigenvalue weighted by atomic mass is 19.1. The van der Waals surface area contributed by atoms with Gasteiger partial charge in [0.15, 0.2) is 0 Å². The lowest BCUT2D eigenvalue weighted by Crippen LogP contribution is -2.02. The number of nitrogens with zero attached hydrogens (tertiary/aromatic N) is 1. The first-order valence-electron chi connectivity index (χ1n) is 5.32. The predicted octanol–water partition coefficient (Wildman–Crippen LogP) is 2.42. The maximum atomic E-state index is 13.1. The topological polar surface area (TPSA) is 48.1 Å². The molecule has 0 aliphatic rings. The fourth-order valence-electron chi connectivity index (χ4n) is 1.43. The van der Waals surface area contributed by atoms with Gasteiger partial charge in [-0.1, -0.05) is 0 Å². The predicted molar refractivity (Wildman–Crippen MR) is 64.2 cm³/mol. The molecule has 2 rings (SSSR count). The van der Waals surface area contributed by atoms with Crippen LogP contribution in [0.25, 0.3) is 0 Å². The van der Waals surface area contributed by atoms with Crippen molar-refractivity contribution in [2.45, 2.75) is 6.42 Å². The van der Waals surface area contributed by atoms with Crippen molar-refractivity contribution in [2.24, 2.45) is 0 Å². The Morgan fingerprint density at radius 2 is 1.94 bits per heavy atom. The molecule has 0 atom stereocenters. The molecule has 88 valence electrons. The second-order valence-electron chi connectivity index (χ2n) is 3.64. The van der Waals surface area contributed by atoms with Crippen molar-refractivity contribution >= 4 is 5.69 Å². The molecule has 0 unspecified atom stereocenters. The van der Waals surface area contributed by atoms with Gasteiger partial charge in [0.05, 0.1) is 12.3 Å². The molecule has 2 N–H and O–H groups in total. The van der Waals surface area contributed by atoms with Crippen LogP contribution in [-0.2, 0) is 6.42 Å². The molecule has 4 heteroatoms. The van der Waals surface area contributed by atoms with Crippen molar-refractivity contribution in [3.63, 3.8) is 0 Å². The van der Waals surface area contributed by atoms with Crippen LogP contribution < -0.4 is 10.5 Å². The molecule has 1 heterocycles. The molecule has 0 fully saturated rings. The van der Waals surface area contributed by atoms with Gasteiger partial charge in [-0.3, -0.25) is 4.98 Å². The smallest absolute Gasteiger partial charge is 0.149 e. The molecule has 0 saturated heterocycles. The summed E-state index contributed by atoms with van der Waals surface area (Å²) in [7, 11) is 0. The summed E-state index contributed by atoms with van der Waals surface area (Å²) in [6.45, 7) is 0.493. The Kier molecular flexibility index (Phi) is 3.55. The fourth-order valence-corrected chi connectivity index (χ4v) is 1.43. The van der Waals surface area contributed by atoms with Gasteiger partial charge < -0.3 is 10.5 Å². The number of hydrogen-bond donors (Lipinski definition) is 1. The Morgan fingerprint density at radius 3 is 2.65 bits per heavy atom. The average molecular weight is 232 g/mol. The van der Waals surface area contributed by atoms with E-state index in [4.69, 9.17) is 10.5 Å². The second-order valence-corrected chi connectivity index (χ2v) is 3.64. The van der Waals surface area contributed by atoms with Crippen LogP contribution in [0.15, 0.2) is 42.7 Å². The lowest BCUT2D eigenvalue weighted by Gasteiger charge is -2.06. The Morgan fingerprint density at radius 1 is 1.18 bits per heavy atom. The highest BCUT2D eigenvalue weighted by molar-refractivity contribution is 5.43. The van der Waals surface area contributed by atoms with Gasteiger partial charge in [-0.15, -0.1) is 0 Å². The van der Waals surface area contributed by atoms with Gasteiger partial charge in [-0.2, -0.15) is 0 Å². The van der Waals surface area contributed by atoms with Gasteiger partial charge in [-0.25, -0.2) is 4.39 Å². The zero-order valence-electron chi connectivity index (χ0n) is 9.27. The average Bonchev–Trinajstić information content (AvgIpc) is 2.35. The second kappa shape index (κ2) is 5.30. The van der Waals surface area contributed by atoms with E-state index in [-0.39, 0.29) is 5.69 Å². The van der Waals surface area contributed by atoms with Crippen LogP contribution in [0.1, 0.15) is 5.56 Å². The van der Waals surface area contributed by atoms with Crippen LogP contribution in [0.3, 0.4) is 0 Å². The van der Waals surface area contributed by atoms with Gasteiger partial charge >= 0.3 is 0 Å². The molecule has 0 bridgehead atoms. The molecule has 0 saturated carbocycles. The molecular weight excluding hydrogens is 219 g/mol. The summed E-state index contributed by atoms with van der Waals surface area (Å²) in [6, 6.07) is 8.30. The van der Waals surface area contributed by atoms with E-state index in [1.54, 1.807) is 18.5 Å². The standard InChI is InChI=1S/C13H13FN2O/c14-12-9-11(1-2-13(12)15)17-8-5-10-3-6-16-7-4-10/h1-4,6-7,9H,5,8,15H2. The number of anilines is 1. The number of ether oxygens (including phenoxy) is 1. The maximum Gasteiger partial charge on any atom is 0.149 e. The van der Waals surface area contributed by atoms with E-state index in [9.17, 15) is 4.39 Å². The van der Waals surface area contributed by atoms with Crippen molar-refractivity contribution in [1.82, 2.24) is 4.98 Å². The van der Waals surface area contributed by atoms with E-state index >= 15 is 0 Å². The van der Waals surface area contributed by atoms with Crippen LogP contribution >= 0.6 is 0 Å². The van der Waals surface area contributed by atoms with Crippen LogP contribution in [0, 0.1) is 5.82 Å². The van der Waals surface area contributed by atoms with Crippen molar-refractivity contribution in [3.05, 3.63) is 54.1 Å². The minimum absolute atomic E-state index is 0.131. The Bertz CT molecular complexity index is 488. The Balaban J connectivity index is 1.88. The number of halogens is 1. The van der Waals surface area contributed by atoms with Crippen molar-refractivity contribution in [1.29, 1.82) is 0 Å². The monoisotopic (exact) mass is 232 g/mol. The lowest BCUT2D eigenvalue weighted by atomic mass is 10.2. The number of nitrogen functional groups attached to an aromatic ring is 1. The third-order valence-electron chi connectivity index (χ3n) is 2.38. The molecule has 0 aliphatic heterocycles. The van der Waals surface area contributed by atoms with Gasteiger partial charge in [0.2, 0.25) is 0 Å². The molecular formula is C13H13FN2O. The first kappa shape index (κ1) is 11.4. The zero-order chi connectivity index (χ0) is 12.1. The first-order chi connectivity index (χ1) is 8.25. The normalized spacial score (nSPS) is 10.2. The number of nitrogens with two attached hydrogens (primary N) is 1. The number of pyridine rings is 1. The SMILES string of the molecule is Nc1ccc(OCCc2ccncc2)cc1F. The molecule has 2 aromatic rings. The highest BCUT2D eigenvalue weighted by Gasteiger charge is 2.00. The fraction of sp³-hybridized carbons (Fsp3) is 0.154. The van der Waals surface area contributed by atoms with Crippen molar-refractivity contribution < 1.29 is 9.13 Å². The highest BCUT2D eigenvalue weighted by Crippen LogP contribution is 2.18. The molecule has 0 amide bonds. The van der Waals surface area contributed by atoms with E-state index in [1.165, 1.54) is 12.1 Å². The molecule has 0 aliphatic carbocycles. The third kappa shape index (κ3) is 3.17. The summed E-state index contributed by atoms with van der Waals surface area (Å²) in [6.07, 6.45) is 4.23. The summed E-state index contributed by atoms with van der Waals surface area (Å²) < 4.78 is 18.5. The summed E-state index contributed by atoms with van der Waals surface area (Å²) in [5, 5.41) is 0. The van der Waals surface area contributed by atoms with Gasteiger partial charge in [0.25, 0.3) is 0 Å². The van der Waals surface area contributed by atoms with E-state index in [2.05, 4.69) is 4.98 Å². The van der Waals surface area contributed by atoms with E-state index < -0.39 is 5.82 Å². The zero-order valence-corrected chi connectivity index (χ0v) is 9.27. The minimum Gasteiger partial charge on any atom is -0.493 e. The maximum absolute atomic E-state index is 13.1. The quantitative estimate of drug-likeness (QED) is 0.823. The molecule has 1 aromatic heterocycles. The Labute approximate surface area is 99.1 Å². The third-order valence-corrected chi connectivity index (χ3v) is 2.38. The van der Waals surface area contributed by atoms with Crippen LogP contribution in [0.4, 0.5) is 10.1 Å². The van der Waals surface area contributed by atoms with E-state index in [0.717, 1.165) is 12.0 Å². The van der Waals surface area contributed by atoms with Crippen molar-refractivity contribution in [3.8, 4) is 5.75 Å². The van der Waals surface area contributed by atoms with Crippen molar-refractivity contribution in [2.75, 3.05) is 12.3 Å². The lowest BCUT2D eigenvalue weighted by molar-refractivity contribution is 0.320. The van der Waals surface area contributed by atoms with E-state index in [0.29, 0.717) is 12.4 Å². The summed E-state index contributed by atoms with van der Waals surface area (Å²) in [5.41, 5.74) is 6.64. The van der Waals surface area contributed by atoms with E-state index in [1.807, 2.05) is 12.1 Å².